The van der Waals surface area contributed by atoms with Gasteiger partial charge in [-0.2, -0.15) is 18.2 Å². The molecule has 0 radical (unpaired) electrons. The van der Waals surface area contributed by atoms with Crippen LogP contribution in [0.4, 0.5) is 18.9 Å². The molecule has 4 aromatic rings. The first-order chi connectivity index (χ1) is 14.0. The van der Waals surface area contributed by atoms with Crippen molar-refractivity contribution >= 4 is 5.69 Å². The molecule has 0 saturated heterocycles. The summed E-state index contributed by atoms with van der Waals surface area (Å²) in [6.45, 7) is 0.441. The molecular formula is C20H14F3N5O. The number of benzene rings is 1. The highest BCUT2D eigenvalue weighted by Crippen LogP contribution is 2.29. The van der Waals surface area contributed by atoms with Crippen LogP contribution in [0.1, 0.15) is 11.6 Å². The van der Waals surface area contributed by atoms with Gasteiger partial charge in [0.1, 0.15) is 0 Å². The summed E-state index contributed by atoms with van der Waals surface area (Å²) in [5.41, 5.74) is 4.00. The van der Waals surface area contributed by atoms with Gasteiger partial charge in [-0.3, -0.25) is 9.97 Å². The molecular weight excluding hydrogens is 383 g/mol. The van der Waals surface area contributed by atoms with E-state index < -0.39 is 12.1 Å². The van der Waals surface area contributed by atoms with E-state index in [9.17, 15) is 13.2 Å². The van der Waals surface area contributed by atoms with E-state index in [1.165, 1.54) is 6.20 Å². The van der Waals surface area contributed by atoms with Gasteiger partial charge in [0.2, 0.25) is 5.82 Å². The molecule has 0 aliphatic rings. The van der Waals surface area contributed by atoms with Gasteiger partial charge in [-0.25, -0.2) is 0 Å². The van der Waals surface area contributed by atoms with Gasteiger partial charge < -0.3 is 9.84 Å². The number of halogens is 3. The van der Waals surface area contributed by atoms with E-state index in [4.69, 9.17) is 0 Å². The maximum atomic E-state index is 12.6. The Hall–Kier alpha value is -3.75. The second-order valence-corrected chi connectivity index (χ2v) is 6.14. The number of hydrogen-bond donors (Lipinski definition) is 1. The Bertz CT molecular complexity index is 1100. The summed E-state index contributed by atoms with van der Waals surface area (Å²) in [6.07, 6.45) is 0.252. The SMILES string of the molecule is FC(F)(F)c1nc(-c2ccc(CNc3cccc(-c4cccnc4)c3)nc2)no1. The fourth-order valence-electron chi connectivity index (χ4n) is 2.65. The zero-order valence-corrected chi connectivity index (χ0v) is 14.9. The molecule has 0 bridgehead atoms. The van der Waals surface area contributed by atoms with Gasteiger partial charge in [0.15, 0.2) is 0 Å². The van der Waals surface area contributed by atoms with E-state index in [1.807, 2.05) is 36.4 Å². The van der Waals surface area contributed by atoms with Crippen LogP contribution in [0.5, 0.6) is 0 Å². The average Bonchev–Trinajstić information content (AvgIpc) is 3.24. The predicted octanol–water partition coefficient (Wildman–Crippen LogP) is 4.82. The van der Waals surface area contributed by atoms with E-state index in [2.05, 4.69) is 29.9 Å². The number of hydrogen-bond acceptors (Lipinski definition) is 6. The largest absolute Gasteiger partial charge is 0.471 e. The molecule has 0 aliphatic heterocycles. The molecule has 146 valence electrons. The van der Waals surface area contributed by atoms with Crippen LogP contribution < -0.4 is 5.32 Å². The normalized spacial score (nSPS) is 11.4. The number of pyridine rings is 2. The summed E-state index contributed by atoms with van der Waals surface area (Å²) in [5, 5.41) is 6.62. The minimum absolute atomic E-state index is 0.159. The molecule has 0 unspecified atom stereocenters. The Kier molecular flexibility index (Phi) is 4.94. The molecule has 0 fully saturated rings. The molecule has 3 heterocycles. The third-order valence-electron chi connectivity index (χ3n) is 4.08. The van der Waals surface area contributed by atoms with E-state index >= 15 is 0 Å². The molecule has 1 aromatic carbocycles. The number of anilines is 1. The van der Waals surface area contributed by atoms with Crippen LogP contribution in [0, 0.1) is 0 Å². The third kappa shape index (κ3) is 4.40. The first-order valence-electron chi connectivity index (χ1n) is 8.59. The maximum absolute atomic E-state index is 12.6. The summed E-state index contributed by atoms with van der Waals surface area (Å²) in [4.78, 5) is 11.7. The molecule has 0 spiro atoms. The predicted molar refractivity (Wildman–Crippen MR) is 99.5 cm³/mol. The van der Waals surface area contributed by atoms with Gasteiger partial charge in [0, 0.05) is 35.4 Å². The Labute approximate surface area is 163 Å². The lowest BCUT2D eigenvalue weighted by Gasteiger charge is -2.08. The maximum Gasteiger partial charge on any atom is 0.471 e. The van der Waals surface area contributed by atoms with E-state index in [0.717, 1.165) is 16.8 Å². The summed E-state index contributed by atoms with van der Waals surface area (Å²) < 4.78 is 41.9. The van der Waals surface area contributed by atoms with Crippen LogP contribution in [-0.2, 0) is 12.7 Å². The van der Waals surface area contributed by atoms with Crippen molar-refractivity contribution in [3.63, 3.8) is 0 Å². The molecule has 1 N–H and O–H groups in total. The Morgan fingerprint density at radius 3 is 2.48 bits per heavy atom. The van der Waals surface area contributed by atoms with Crippen molar-refractivity contribution in [2.45, 2.75) is 12.7 Å². The van der Waals surface area contributed by atoms with Crippen LogP contribution >= 0.6 is 0 Å². The van der Waals surface area contributed by atoms with Crippen molar-refractivity contribution in [2.24, 2.45) is 0 Å². The lowest BCUT2D eigenvalue weighted by atomic mass is 10.1. The van der Waals surface area contributed by atoms with E-state index in [-0.39, 0.29) is 5.82 Å². The Balaban J connectivity index is 1.43. The smallest absolute Gasteiger partial charge is 0.379 e. The zero-order valence-electron chi connectivity index (χ0n) is 14.9. The molecule has 0 atom stereocenters. The fraction of sp³-hybridized carbons (Fsp3) is 0.100. The summed E-state index contributed by atoms with van der Waals surface area (Å²) >= 11 is 0. The third-order valence-corrected chi connectivity index (χ3v) is 4.08. The van der Waals surface area contributed by atoms with Crippen molar-refractivity contribution in [2.75, 3.05) is 5.32 Å². The molecule has 29 heavy (non-hydrogen) atoms. The lowest BCUT2D eigenvalue weighted by molar-refractivity contribution is -0.159. The Morgan fingerprint density at radius 2 is 1.79 bits per heavy atom. The molecule has 3 aromatic heterocycles. The molecule has 4 rings (SSSR count). The van der Waals surface area contributed by atoms with Gasteiger partial charge in [0.25, 0.3) is 0 Å². The number of alkyl halides is 3. The quantitative estimate of drug-likeness (QED) is 0.520. The summed E-state index contributed by atoms with van der Waals surface area (Å²) in [5.74, 6) is -1.54. The molecule has 0 amide bonds. The molecule has 6 nitrogen and oxygen atoms in total. The van der Waals surface area contributed by atoms with Gasteiger partial charge in [0.05, 0.1) is 12.2 Å². The number of nitrogens with zero attached hydrogens (tertiary/aromatic N) is 4. The van der Waals surface area contributed by atoms with Crippen molar-refractivity contribution in [1.29, 1.82) is 0 Å². The van der Waals surface area contributed by atoms with Gasteiger partial charge >= 0.3 is 12.1 Å². The highest BCUT2D eigenvalue weighted by molar-refractivity contribution is 5.67. The highest BCUT2D eigenvalue weighted by Gasteiger charge is 2.38. The monoisotopic (exact) mass is 397 g/mol. The molecule has 0 saturated carbocycles. The van der Waals surface area contributed by atoms with E-state index in [0.29, 0.717) is 17.8 Å². The van der Waals surface area contributed by atoms with Crippen LogP contribution in [-0.4, -0.2) is 20.1 Å². The second-order valence-electron chi connectivity index (χ2n) is 6.14. The minimum Gasteiger partial charge on any atom is -0.379 e. The van der Waals surface area contributed by atoms with Crippen molar-refractivity contribution < 1.29 is 17.7 Å². The lowest BCUT2D eigenvalue weighted by Crippen LogP contribution is -2.05. The van der Waals surface area contributed by atoms with Crippen molar-refractivity contribution in [1.82, 2.24) is 20.1 Å². The Morgan fingerprint density at radius 1 is 0.931 bits per heavy atom. The number of aromatic nitrogens is 4. The highest BCUT2D eigenvalue weighted by atomic mass is 19.4. The second kappa shape index (κ2) is 7.70. The number of nitrogens with one attached hydrogen (secondary N) is 1. The summed E-state index contributed by atoms with van der Waals surface area (Å²) in [6, 6.07) is 15.0. The standard InChI is InChI=1S/C20H14F3N5O/c21-20(22,23)19-27-18(28-29-19)15-6-7-17(25-11-15)12-26-16-5-1-3-13(9-16)14-4-2-8-24-10-14/h1-11,26H,12H2. The van der Waals surface area contributed by atoms with Crippen LogP contribution in [0.2, 0.25) is 0 Å². The van der Waals surface area contributed by atoms with Gasteiger partial charge in [-0.05, 0) is 35.9 Å². The molecule has 9 heteroatoms. The van der Waals surface area contributed by atoms with Crippen molar-refractivity contribution in [3.8, 4) is 22.5 Å². The minimum atomic E-state index is -4.67. The van der Waals surface area contributed by atoms with E-state index in [1.54, 1.807) is 24.5 Å². The zero-order chi connectivity index (χ0) is 20.3. The van der Waals surface area contributed by atoms with Crippen LogP contribution in [0.15, 0.2) is 71.6 Å². The summed E-state index contributed by atoms with van der Waals surface area (Å²) in [7, 11) is 0. The van der Waals surface area contributed by atoms with Crippen molar-refractivity contribution in [3.05, 3.63) is 78.7 Å². The first kappa shape index (κ1) is 18.6. The van der Waals surface area contributed by atoms with Gasteiger partial charge in [-0.15, -0.1) is 0 Å². The fourth-order valence-corrected chi connectivity index (χ4v) is 2.65. The topological polar surface area (TPSA) is 76.7 Å². The average molecular weight is 397 g/mol. The number of rotatable bonds is 5. The first-order valence-corrected chi connectivity index (χ1v) is 8.59. The molecule has 0 aliphatic carbocycles. The van der Waals surface area contributed by atoms with Crippen LogP contribution in [0.3, 0.4) is 0 Å². The van der Waals surface area contributed by atoms with Gasteiger partial charge in [-0.1, -0.05) is 23.4 Å². The van der Waals surface area contributed by atoms with Crippen LogP contribution in [0.25, 0.3) is 22.5 Å².